The first kappa shape index (κ1) is 26.6. The topological polar surface area (TPSA) is 66.9 Å². The Morgan fingerprint density at radius 3 is 2.44 bits per heavy atom. The fourth-order valence-electron chi connectivity index (χ4n) is 4.66. The number of nitrogens with zero attached hydrogens (tertiary/aromatic N) is 3. The molecule has 0 saturated carbocycles. The van der Waals surface area contributed by atoms with E-state index in [1.54, 1.807) is 26.4 Å². The smallest absolute Gasteiger partial charge is 0.253 e. The van der Waals surface area contributed by atoms with Crippen molar-refractivity contribution in [3.05, 3.63) is 94.6 Å². The summed E-state index contributed by atoms with van der Waals surface area (Å²) in [6.07, 6.45) is 0. The van der Waals surface area contributed by atoms with Crippen molar-refractivity contribution in [2.75, 3.05) is 45.3 Å². The van der Waals surface area contributed by atoms with Crippen molar-refractivity contribution in [1.82, 2.24) is 15.2 Å². The van der Waals surface area contributed by atoms with E-state index in [1.807, 2.05) is 52.7 Å². The van der Waals surface area contributed by atoms with Gasteiger partial charge in [0, 0.05) is 61.3 Å². The predicted molar refractivity (Wildman–Crippen MR) is 152 cm³/mol. The van der Waals surface area contributed by atoms with Crippen molar-refractivity contribution in [2.24, 2.45) is 0 Å². The van der Waals surface area contributed by atoms with Crippen molar-refractivity contribution in [1.29, 1.82) is 0 Å². The lowest BCUT2D eigenvalue weighted by Gasteiger charge is -2.27. The standard InChI is InChI=1S/C30H31FN4O3S/c1-37-27-5-3-4-24(28(27)38-2)19-35(30-33-26(20-39-30)22-10-12-25(31)13-11-22)18-21-6-8-23(9-7-21)29(36)34-16-14-32-15-17-34/h3-13,20,32H,14-19H2,1-2H3. The number of thiazole rings is 1. The van der Waals surface area contributed by atoms with Gasteiger partial charge in [0.2, 0.25) is 0 Å². The van der Waals surface area contributed by atoms with Crippen molar-refractivity contribution < 1.29 is 18.7 Å². The van der Waals surface area contributed by atoms with Gasteiger partial charge in [-0.2, -0.15) is 0 Å². The molecule has 2 heterocycles. The Hall–Kier alpha value is -3.95. The number of ether oxygens (including phenoxy) is 2. The van der Waals surface area contributed by atoms with Gasteiger partial charge >= 0.3 is 0 Å². The van der Waals surface area contributed by atoms with E-state index in [-0.39, 0.29) is 11.7 Å². The summed E-state index contributed by atoms with van der Waals surface area (Å²) in [5, 5.41) is 6.08. The molecule has 202 valence electrons. The second-order valence-corrected chi connectivity index (χ2v) is 10.1. The normalized spacial score (nSPS) is 13.3. The molecular formula is C30H31FN4O3S. The van der Waals surface area contributed by atoms with Crippen LogP contribution in [0.5, 0.6) is 11.5 Å². The molecule has 3 aromatic carbocycles. The molecule has 1 aliphatic rings. The van der Waals surface area contributed by atoms with Gasteiger partial charge in [-0.3, -0.25) is 4.79 Å². The lowest BCUT2D eigenvalue weighted by Crippen LogP contribution is -2.46. The number of carbonyl (C=O) groups excluding carboxylic acids is 1. The number of hydrogen-bond donors (Lipinski definition) is 1. The summed E-state index contributed by atoms with van der Waals surface area (Å²) >= 11 is 1.53. The zero-order valence-corrected chi connectivity index (χ0v) is 22.8. The van der Waals surface area contributed by atoms with Crippen LogP contribution in [0.4, 0.5) is 9.52 Å². The molecule has 0 unspecified atom stereocenters. The van der Waals surface area contributed by atoms with Crippen molar-refractivity contribution in [3.8, 4) is 22.8 Å². The Morgan fingerprint density at radius 2 is 1.74 bits per heavy atom. The number of hydrogen-bond acceptors (Lipinski definition) is 7. The Morgan fingerprint density at radius 1 is 1.00 bits per heavy atom. The molecule has 0 spiro atoms. The Bertz CT molecular complexity index is 1400. The molecule has 1 amide bonds. The number of nitrogens with one attached hydrogen (secondary N) is 1. The SMILES string of the molecule is COc1cccc(CN(Cc2ccc(C(=O)N3CCNCC3)cc2)c2nc(-c3ccc(F)cc3)cs2)c1OC. The lowest BCUT2D eigenvalue weighted by atomic mass is 10.1. The fraction of sp³-hybridized carbons (Fsp3) is 0.267. The molecule has 0 aliphatic carbocycles. The highest BCUT2D eigenvalue weighted by Gasteiger charge is 2.20. The van der Waals surface area contributed by atoms with Crippen LogP contribution in [-0.2, 0) is 13.1 Å². The molecule has 39 heavy (non-hydrogen) atoms. The van der Waals surface area contributed by atoms with E-state index >= 15 is 0 Å². The summed E-state index contributed by atoms with van der Waals surface area (Å²) < 4.78 is 24.7. The number of para-hydroxylation sites is 1. The van der Waals surface area contributed by atoms with Crippen molar-refractivity contribution in [2.45, 2.75) is 13.1 Å². The maximum absolute atomic E-state index is 13.5. The molecule has 1 N–H and O–H groups in total. The van der Waals surface area contributed by atoms with Crippen LogP contribution < -0.4 is 19.7 Å². The summed E-state index contributed by atoms with van der Waals surface area (Å²) in [5.41, 5.74) is 4.34. The van der Waals surface area contributed by atoms with Gasteiger partial charge in [-0.05, 0) is 48.0 Å². The highest BCUT2D eigenvalue weighted by molar-refractivity contribution is 7.14. The molecule has 0 radical (unpaired) electrons. The summed E-state index contributed by atoms with van der Waals surface area (Å²) in [6.45, 7) is 4.17. The van der Waals surface area contributed by atoms with Crippen LogP contribution in [-0.4, -0.2) is 56.2 Å². The number of carbonyl (C=O) groups is 1. The quantitative estimate of drug-likeness (QED) is 0.311. The molecule has 1 aliphatic heterocycles. The molecule has 0 atom stereocenters. The molecule has 0 bridgehead atoms. The predicted octanol–water partition coefficient (Wildman–Crippen LogP) is 5.22. The molecule has 1 saturated heterocycles. The number of halogens is 1. The number of amides is 1. The minimum atomic E-state index is -0.278. The molecule has 1 fully saturated rings. The molecule has 4 aromatic rings. The van der Waals surface area contributed by atoms with E-state index in [0.29, 0.717) is 30.2 Å². The van der Waals surface area contributed by atoms with Gasteiger partial charge in [0.05, 0.1) is 19.9 Å². The molecule has 5 rings (SSSR count). The lowest BCUT2D eigenvalue weighted by molar-refractivity contribution is 0.0736. The van der Waals surface area contributed by atoms with Crippen LogP contribution in [0, 0.1) is 5.82 Å². The van der Waals surface area contributed by atoms with Crippen molar-refractivity contribution in [3.63, 3.8) is 0 Å². The first-order valence-electron chi connectivity index (χ1n) is 12.8. The van der Waals surface area contributed by atoms with Crippen molar-refractivity contribution >= 4 is 22.4 Å². The highest BCUT2D eigenvalue weighted by Crippen LogP contribution is 2.35. The van der Waals surface area contributed by atoms with E-state index in [4.69, 9.17) is 14.5 Å². The molecule has 7 nitrogen and oxygen atoms in total. The van der Waals surface area contributed by atoms with E-state index in [9.17, 15) is 9.18 Å². The van der Waals surface area contributed by atoms with E-state index in [1.165, 1.54) is 23.5 Å². The fourth-order valence-corrected chi connectivity index (χ4v) is 5.50. The van der Waals surface area contributed by atoms with E-state index in [0.717, 1.165) is 53.7 Å². The maximum atomic E-state index is 13.5. The molecular weight excluding hydrogens is 515 g/mol. The minimum Gasteiger partial charge on any atom is -0.493 e. The summed E-state index contributed by atoms with van der Waals surface area (Å²) in [7, 11) is 3.26. The number of aromatic nitrogens is 1. The molecule has 9 heteroatoms. The first-order chi connectivity index (χ1) is 19.1. The minimum absolute atomic E-state index is 0.0601. The number of benzene rings is 3. The summed E-state index contributed by atoms with van der Waals surface area (Å²) in [6, 6.07) is 20.0. The Labute approximate surface area is 231 Å². The highest BCUT2D eigenvalue weighted by atomic mass is 32.1. The zero-order chi connectivity index (χ0) is 27.2. The average Bonchev–Trinajstić information content (AvgIpc) is 3.48. The first-order valence-corrected chi connectivity index (χ1v) is 13.7. The van der Waals surface area contributed by atoms with Crippen LogP contribution in [0.15, 0.2) is 72.1 Å². The number of piperazine rings is 1. The second-order valence-electron chi connectivity index (χ2n) is 9.27. The largest absolute Gasteiger partial charge is 0.493 e. The maximum Gasteiger partial charge on any atom is 0.253 e. The third-order valence-corrected chi connectivity index (χ3v) is 7.63. The van der Waals surface area contributed by atoms with Crippen LogP contribution in [0.25, 0.3) is 11.3 Å². The third kappa shape index (κ3) is 6.21. The third-order valence-electron chi connectivity index (χ3n) is 6.73. The van der Waals surface area contributed by atoms with Gasteiger partial charge in [-0.1, -0.05) is 24.3 Å². The second kappa shape index (κ2) is 12.3. The Kier molecular flexibility index (Phi) is 8.39. The monoisotopic (exact) mass is 546 g/mol. The van der Waals surface area contributed by atoms with Crippen LogP contribution in [0.3, 0.4) is 0 Å². The van der Waals surface area contributed by atoms with Gasteiger partial charge in [-0.15, -0.1) is 11.3 Å². The Balaban J connectivity index is 1.42. The van der Waals surface area contributed by atoms with Gasteiger partial charge in [0.25, 0.3) is 5.91 Å². The van der Waals surface area contributed by atoms with Crippen LogP contribution >= 0.6 is 11.3 Å². The van der Waals surface area contributed by atoms with E-state index < -0.39 is 0 Å². The average molecular weight is 547 g/mol. The van der Waals surface area contributed by atoms with Gasteiger partial charge < -0.3 is 24.6 Å². The number of anilines is 1. The summed E-state index contributed by atoms with van der Waals surface area (Å²) in [4.78, 5) is 21.9. The molecule has 1 aromatic heterocycles. The van der Waals surface area contributed by atoms with Crippen LogP contribution in [0.2, 0.25) is 0 Å². The van der Waals surface area contributed by atoms with Gasteiger partial charge in [0.1, 0.15) is 5.82 Å². The number of rotatable bonds is 9. The van der Waals surface area contributed by atoms with Crippen LogP contribution in [0.1, 0.15) is 21.5 Å². The number of methoxy groups -OCH3 is 2. The van der Waals surface area contributed by atoms with Gasteiger partial charge in [-0.25, -0.2) is 9.37 Å². The van der Waals surface area contributed by atoms with E-state index in [2.05, 4.69) is 10.2 Å². The zero-order valence-electron chi connectivity index (χ0n) is 22.0. The van der Waals surface area contributed by atoms with Gasteiger partial charge in [0.15, 0.2) is 16.6 Å². The summed E-state index contributed by atoms with van der Waals surface area (Å²) in [5.74, 6) is 1.12.